The fourth-order valence-electron chi connectivity index (χ4n) is 4.41. The van der Waals surface area contributed by atoms with Crippen molar-refractivity contribution in [3.8, 4) is 5.75 Å². The van der Waals surface area contributed by atoms with Crippen molar-refractivity contribution in [2.75, 3.05) is 19.7 Å². The van der Waals surface area contributed by atoms with Gasteiger partial charge in [0.2, 0.25) is 0 Å². The van der Waals surface area contributed by atoms with Gasteiger partial charge in [0.25, 0.3) is 0 Å². The van der Waals surface area contributed by atoms with Crippen LogP contribution in [0.3, 0.4) is 0 Å². The van der Waals surface area contributed by atoms with Crippen LogP contribution in [0.15, 0.2) is 60.7 Å². The van der Waals surface area contributed by atoms with Gasteiger partial charge in [0.05, 0.1) is 0 Å². The summed E-state index contributed by atoms with van der Waals surface area (Å²) < 4.78 is 5.86. The standard InChI is InChI=1S/C32H44N2O/c1-7-29-21-27(19-25(5)31(29)10-9-15-33)13-11-23(3)18-24(4)12-14-28-20-26(6)32(35-17-16-34)30(8-2)22-28/h11-14,19-22H,3-4,7-10,15-18,33-34H2,1-2,5-6H3/b13-11+,14-12+. The Labute approximate surface area is 213 Å². The lowest BCUT2D eigenvalue weighted by molar-refractivity contribution is 0.323. The zero-order valence-corrected chi connectivity index (χ0v) is 22.3. The van der Waals surface area contributed by atoms with Crippen LogP contribution in [0.4, 0.5) is 0 Å². The Balaban J connectivity index is 2.05. The van der Waals surface area contributed by atoms with E-state index in [1.165, 1.54) is 27.8 Å². The van der Waals surface area contributed by atoms with E-state index in [0.717, 1.165) is 66.7 Å². The normalized spacial score (nSPS) is 11.5. The summed E-state index contributed by atoms with van der Waals surface area (Å²) in [7, 11) is 0. The van der Waals surface area contributed by atoms with E-state index in [-0.39, 0.29) is 0 Å². The third-order valence-corrected chi connectivity index (χ3v) is 6.20. The molecule has 4 N–H and O–H groups in total. The largest absolute Gasteiger partial charge is 0.492 e. The molecule has 2 aromatic carbocycles. The highest BCUT2D eigenvalue weighted by Gasteiger charge is 2.08. The lowest BCUT2D eigenvalue weighted by atomic mass is 9.93. The Morgan fingerprint density at radius 2 is 1.40 bits per heavy atom. The molecule has 0 saturated heterocycles. The first-order chi connectivity index (χ1) is 16.8. The monoisotopic (exact) mass is 472 g/mol. The fourth-order valence-corrected chi connectivity index (χ4v) is 4.41. The maximum atomic E-state index is 5.86. The van der Waals surface area contributed by atoms with E-state index in [1.54, 1.807) is 0 Å². The molecule has 0 fully saturated rings. The van der Waals surface area contributed by atoms with Gasteiger partial charge in [0.15, 0.2) is 0 Å². The van der Waals surface area contributed by atoms with Crippen molar-refractivity contribution in [3.05, 3.63) is 99.7 Å². The Morgan fingerprint density at radius 1 is 0.829 bits per heavy atom. The van der Waals surface area contributed by atoms with Gasteiger partial charge in [-0.1, -0.05) is 74.6 Å². The Hall–Kier alpha value is -2.88. The number of allylic oxidation sites excluding steroid dienone is 4. The highest BCUT2D eigenvalue weighted by atomic mass is 16.5. The minimum atomic E-state index is 0.516. The summed E-state index contributed by atoms with van der Waals surface area (Å²) in [5.74, 6) is 0.960. The molecule has 0 aliphatic rings. The second-order valence-electron chi connectivity index (χ2n) is 9.20. The summed E-state index contributed by atoms with van der Waals surface area (Å²) in [5, 5.41) is 0. The maximum Gasteiger partial charge on any atom is 0.125 e. The fraction of sp³-hybridized carbons (Fsp3) is 0.375. The lowest BCUT2D eigenvalue weighted by Gasteiger charge is -2.14. The van der Waals surface area contributed by atoms with Crippen molar-refractivity contribution in [1.82, 2.24) is 0 Å². The first-order valence-electron chi connectivity index (χ1n) is 12.8. The van der Waals surface area contributed by atoms with E-state index < -0.39 is 0 Å². The summed E-state index contributed by atoms with van der Waals surface area (Å²) in [4.78, 5) is 0. The molecule has 0 unspecified atom stereocenters. The van der Waals surface area contributed by atoms with E-state index in [9.17, 15) is 0 Å². The molecule has 0 aliphatic heterocycles. The van der Waals surface area contributed by atoms with Gasteiger partial charge in [0.1, 0.15) is 12.4 Å². The van der Waals surface area contributed by atoms with Gasteiger partial charge in [-0.2, -0.15) is 0 Å². The minimum Gasteiger partial charge on any atom is -0.492 e. The molecule has 188 valence electrons. The van der Waals surface area contributed by atoms with Crippen molar-refractivity contribution >= 4 is 12.2 Å². The van der Waals surface area contributed by atoms with Gasteiger partial charge in [-0.25, -0.2) is 0 Å². The van der Waals surface area contributed by atoms with Gasteiger partial charge in [-0.15, -0.1) is 0 Å². The lowest BCUT2D eigenvalue weighted by Crippen LogP contribution is -2.12. The molecule has 0 aliphatic carbocycles. The molecule has 3 heteroatoms. The quantitative estimate of drug-likeness (QED) is 0.294. The topological polar surface area (TPSA) is 61.3 Å². The number of hydrogen-bond acceptors (Lipinski definition) is 3. The second-order valence-corrected chi connectivity index (χ2v) is 9.20. The van der Waals surface area contributed by atoms with Crippen LogP contribution in [0, 0.1) is 13.8 Å². The Morgan fingerprint density at radius 3 is 1.94 bits per heavy atom. The molecular weight excluding hydrogens is 428 g/mol. The molecule has 0 radical (unpaired) electrons. The smallest absolute Gasteiger partial charge is 0.125 e. The summed E-state index contributed by atoms with van der Waals surface area (Å²) in [5.41, 5.74) is 22.3. The van der Waals surface area contributed by atoms with E-state index in [4.69, 9.17) is 16.2 Å². The van der Waals surface area contributed by atoms with Crippen molar-refractivity contribution in [2.45, 2.75) is 59.8 Å². The SMILES string of the molecule is C=C(/C=C/c1cc(C)c(CCCN)c(CC)c1)CC(=C)/C=C/c1cc(C)c(OCCN)c(CC)c1. The van der Waals surface area contributed by atoms with Crippen molar-refractivity contribution in [1.29, 1.82) is 0 Å². The van der Waals surface area contributed by atoms with Crippen LogP contribution < -0.4 is 16.2 Å². The molecule has 2 rings (SSSR count). The number of benzene rings is 2. The molecule has 3 nitrogen and oxygen atoms in total. The van der Waals surface area contributed by atoms with Crippen LogP contribution in [-0.4, -0.2) is 19.7 Å². The number of hydrogen-bond donors (Lipinski definition) is 2. The summed E-state index contributed by atoms with van der Waals surface area (Å²) in [6.45, 7) is 18.9. The van der Waals surface area contributed by atoms with E-state index >= 15 is 0 Å². The van der Waals surface area contributed by atoms with Crippen LogP contribution in [0.5, 0.6) is 5.75 Å². The van der Waals surface area contributed by atoms with E-state index in [2.05, 4.69) is 89.4 Å². The second kappa shape index (κ2) is 14.5. The zero-order valence-electron chi connectivity index (χ0n) is 22.3. The maximum absolute atomic E-state index is 5.86. The third kappa shape index (κ3) is 8.69. The Kier molecular flexibility index (Phi) is 11.8. The van der Waals surface area contributed by atoms with Crippen LogP contribution in [-0.2, 0) is 19.3 Å². The molecule has 0 heterocycles. The van der Waals surface area contributed by atoms with Crippen molar-refractivity contribution in [2.24, 2.45) is 11.5 Å². The molecule has 0 atom stereocenters. The van der Waals surface area contributed by atoms with Crippen LogP contribution in [0.1, 0.15) is 65.6 Å². The molecule has 2 aromatic rings. The van der Waals surface area contributed by atoms with Gasteiger partial charge in [-0.3, -0.25) is 0 Å². The first-order valence-corrected chi connectivity index (χ1v) is 12.8. The first kappa shape index (κ1) is 28.4. The molecule has 0 saturated carbocycles. The molecule has 0 spiro atoms. The van der Waals surface area contributed by atoms with Crippen molar-refractivity contribution < 1.29 is 4.74 Å². The highest BCUT2D eigenvalue weighted by molar-refractivity contribution is 5.60. The number of aryl methyl sites for hydroxylation is 4. The van der Waals surface area contributed by atoms with Crippen LogP contribution in [0.2, 0.25) is 0 Å². The Bertz CT molecular complexity index is 990. The van der Waals surface area contributed by atoms with E-state index in [1.807, 2.05) is 0 Å². The number of ether oxygens (including phenoxy) is 1. The molecule has 0 amide bonds. The van der Waals surface area contributed by atoms with Gasteiger partial charge in [-0.05, 0) is 104 Å². The predicted octanol–water partition coefficient (Wildman–Crippen LogP) is 6.89. The van der Waals surface area contributed by atoms with Gasteiger partial charge >= 0.3 is 0 Å². The van der Waals surface area contributed by atoms with Crippen LogP contribution >= 0.6 is 0 Å². The minimum absolute atomic E-state index is 0.516. The molecule has 0 aromatic heterocycles. The molecule has 0 bridgehead atoms. The summed E-state index contributed by atoms with van der Waals surface area (Å²) in [6, 6.07) is 8.89. The number of nitrogens with two attached hydrogens (primary N) is 2. The highest BCUT2D eigenvalue weighted by Crippen LogP contribution is 2.27. The molecule has 35 heavy (non-hydrogen) atoms. The van der Waals surface area contributed by atoms with Gasteiger partial charge < -0.3 is 16.2 Å². The number of rotatable bonds is 14. The van der Waals surface area contributed by atoms with Crippen molar-refractivity contribution in [3.63, 3.8) is 0 Å². The summed E-state index contributed by atoms with van der Waals surface area (Å²) >= 11 is 0. The molecular formula is C32H44N2O. The summed E-state index contributed by atoms with van der Waals surface area (Å²) in [6.07, 6.45) is 13.2. The zero-order chi connectivity index (χ0) is 25.8. The average molecular weight is 473 g/mol. The van der Waals surface area contributed by atoms with Gasteiger partial charge in [0, 0.05) is 6.54 Å². The van der Waals surface area contributed by atoms with E-state index in [0.29, 0.717) is 13.2 Å². The average Bonchev–Trinajstić information content (AvgIpc) is 2.84. The third-order valence-electron chi connectivity index (χ3n) is 6.20. The van der Waals surface area contributed by atoms with Crippen LogP contribution in [0.25, 0.3) is 12.2 Å². The predicted molar refractivity (Wildman–Crippen MR) is 154 cm³/mol.